The van der Waals surface area contributed by atoms with Crippen molar-refractivity contribution < 1.29 is 38.0 Å². The van der Waals surface area contributed by atoms with Crippen LogP contribution in [0.15, 0.2) is 59.2 Å². The molecule has 35 heavy (non-hydrogen) atoms. The molecule has 1 N–H and O–H groups in total. The summed E-state index contributed by atoms with van der Waals surface area (Å²) in [7, 11) is 1.34. The summed E-state index contributed by atoms with van der Waals surface area (Å²) in [6, 6.07) is 10.9. The number of benzene rings is 2. The van der Waals surface area contributed by atoms with E-state index in [0.29, 0.717) is 5.76 Å². The number of carbonyl (C=O) groups excluding carboxylic acids is 4. The highest BCUT2D eigenvalue weighted by molar-refractivity contribution is 6.21. The number of fused-ring (bicyclic) bond motifs is 1. The fourth-order valence-corrected chi connectivity index (χ4v) is 3.42. The first-order valence-corrected chi connectivity index (χ1v) is 10.1. The molecule has 3 aromatic rings. The van der Waals surface area contributed by atoms with Crippen molar-refractivity contribution in [1.29, 1.82) is 0 Å². The Morgan fingerprint density at radius 3 is 2.54 bits per heavy atom. The molecule has 0 saturated heterocycles. The topological polar surface area (TPSA) is 158 Å². The number of ether oxygens (including phenoxy) is 2. The Balaban J connectivity index is 1.41. The van der Waals surface area contributed by atoms with Gasteiger partial charge in [0, 0.05) is 0 Å². The van der Waals surface area contributed by atoms with Crippen LogP contribution in [0.2, 0.25) is 0 Å². The van der Waals surface area contributed by atoms with E-state index in [9.17, 15) is 29.3 Å². The van der Waals surface area contributed by atoms with Crippen LogP contribution in [0.4, 0.5) is 11.4 Å². The highest BCUT2D eigenvalue weighted by atomic mass is 16.6. The molecule has 0 fully saturated rings. The number of amides is 3. The Kier molecular flexibility index (Phi) is 6.27. The molecule has 4 rings (SSSR count). The van der Waals surface area contributed by atoms with E-state index in [2.05, 4.69) is 5.32 Å². The van der Waals surface area contributed by atoms with Gasteiger partial charge in [0.25, 0.3) is 23.4 Å². The van der Waals surface area contributed by atoms with Gasteiger partial charge in [-0.05, 0) is 42.5 Å². The van der Waals surface area contributed by atoms with E-state index in [4.69, 9.17) is 13.9 Å². The van der Waals surface area contributed by atoms with Gasteiger partial charge in [-0.1, -0.05) is 0 Å². The Morgan fingerprint density at radius 2 is 1.86 bits per heavy atom. The second-order valence-corrected chi connectivity index (χ2v) is 7.30. The van der Waals surface area contributed by atoms with E-state index < -0.39 is 40.9 Å². The van der Waals surface area contributed by atoms with Gasteiger partial charge < -0.3 is 19.2 Å². The minimum Gasteiger partial charge on any atom is -0.496 e. The van der Waals surface area contributed by atoms with E-state index >= 15 is 0 Å². The van der Waals surface area contributed by atoms with Crippen molar-refractivity contribution in [3.05, 3.63) is 87.4 Å². The maximum absolute atomic E-state index is 12.7. The fraction of sp³-hybridized carbons (Fsp3) is 0.130. The van der Waals surface area contributed by atoms with Crippen LogP contribution in [0.25, 0.3) is 0 Å². The lowest BCUT2D eigenvalue weighted by atomic mass is 10.1. The van der Waals surface area contributed by atoms with Gasteiger partial charge in [0.1, 0.15) is 17.2 Å². The average molecular weight is 479 g/mol. The van der Waals surface area contributed by atoms with Gasteiger partial charge in [-0.3, -0.25) is 29.4 Å². The van der Waals surface area contributed by atoms with Crippen LogP contribution in [-0.4, -0.2) is 47.2 Å². The van der Waals surface area contributed by atoms with Gasteiger partial charge in [-0.15, -0.1) is 0 Å². The van der Waals surface area contributed by atoms with Crippen LogP contribution in [0.5, 0.6) is 5.75 Å². The van der Waals surface area contributed by atoms with Gasteiger partial charge in [-0.2, -0.15) is 0 Å². The standard InChI is InChI=1S/C23H17N3O9/c1-33-14-5-7-18(19(10-14)26(31)32)24-20(27)12-35-23(30)13-4-6-16-17(9-13)22(29)25(21(16)28)11-15-3-2-8-34-15/h2-10H,11-12H2,1H3,(H,24,27). The van der Waals surface area contributed by atoms with E-state index in [1.807, 2.05) is 0 Å². The molecule has 0 unspecified atom stereocenters. The number of imide groups is 1. The summed E-state index contributed by atoms with van der Waals surface area (Å²) >= 11 is 0. The number of methoxy groups -OCH3 is 1. The third kappa shape index (κ3) is 4.71. The average Bonchev–Trinajstić information content (AvgIpc) is 3.45. The van der Waals surface area contributed by atoms with Gasteiger partial charge >= 0.3 is 5.97 Å². The number of nitro groups is 1. The molecule has 12 nitrogen and oxygen atoms in total. The normalized spacial score (nSPS) is 12.3. The highest BCUT2D eigenvalue weighted by Gasteiger charge is 2.36. The Bertz CT molecular complexity index is 1350. The number of rotatable bonds is 8. The second kappa shape index (κ2) is 9.47. The third-order valence-corrected chi connectivity index (χ3v) is 5.11. The fourth-order valence-electron chi connectivity index (χ4n) is 3.42. The first-order valence-electron chi connectivity index (χ1n) is 10.1. The molecule has 12 heteroatoms. The zero-order valence-corrected chi connectivity index (χ0v) is 18.2. The van der Waals surface area contributed by atoms with Crippen molar-refractivity contribution in [3.8, 4) is 5.75 Å². The zero-order chi connectivity index (χ0) is 25.1. The van der Waals surface area contributed by atoms with Crippen molar-refractivity contribution in [2.45, 2.75) is 6.54 Å². The lowest BCUT2D eigenvalue weighted by Crippen LogP contribution is -2.28. The number of hydrogen-bond donors (Lipinski definition) is 1. The van der Waals surface area contributed by atoms with Crippen molar-refractivity contribution >= 4 is 35.1 Å². The van der Waals surface area contributed by atoms with E-state index in [-0.39, 0.29) is 34.7 Å². The summed E-state index contributed by atoms with van der Waals surface area (Å²) in [6.07, 6.45) is 1.42. The summed E-state index contributed by atoms with van der Waals surface area (Å²) in [5, 5.41) is 13.5. The zero-order valence-electron chi connectivity index (χ0n) is 18.2. The summed E-state index contributed by atoms with van der Waals surface area (Å²) in [4.78, 5) is 61.4. The van der Waals surface area contributed by atoms with Gasteiger partial charge in [-0.25, -0.2) is 4.79 Å². The van der Waals surface area contributed by atoms with Crippen LogP contribution >= 0.6 is 0 Å². The predicted octanol–water partition coefficient (Wildman–Crippen LogP) is 2.79. The quantitative estimate of drug-likeness (QED) is 0.222. The molecule has 0 saturated carbocycles. The van der Waals surface area contributed by atoms with Crippen molar-refractivity contribution in [2.24, 2.45) is 0 Å². The SMILES string of the molecule is COc1ccc(NC(=O)COC(=O)c2ccc3c(c2)C(=O)N(Cc2ccco2)C3=O)c([N+](=O)[O-])c1. The molecular formula is C23H17N3O9. The van der Waals surface area contributed by atoms with Crippen LogP contribution < -0.4 is 10.1 Å². The largest absolute Gasteiger partial charge is 0.496 e. The number of furan rings is 1. The number of hydrogen-bond acceptors (Lipinski definition) is 9. The monoisotopic (exact) mass is 479 g/mol. The van der Waals surface area contributed by atoms with E-state index in [0.717, 1.165) is 11.0 Å². The molecule has 0 spiro atoms. The van der Waals surface area contributed by atoms with E-state index in [1.165, 1.54) is 43.7 Å². The maximum Gasteiger partial charge on any atom is 0.338 e. The van der Waals surface area contributed by atoms with Crippen LogP contribution in [0.1, 0.15) is 36.8 Å². The van der Waals surface area contributed by atoms with Gasteiger partial charge in [0.15, 0.2) is 6.61 Å². The number of esters is 1. The molecule has 0 aliphatic carbocycles. The lowest BCUT2D eigenvalue weighted by molar-refractivity contribution is -0.384. The predicted molar refractivity (Wildman–Crippen MR) is 118 cm³/mol. The van der Waals surface area contributed by atoms with Crippen molar-refractivity contribution in [1.82, 2.24) is 4.90 Å². The first kappa shape index (κ1) is 23.2. The minimum absolute atomic E-state index is 0.0225. The Morgan fingerprint density at radius 1 is 1.09 bits per heavy atom. The summed E-state index contributed by atoms with van der Waals surface area (Å²) < 4.78 is 15.1. The molecule has 0 atom stereocenters. The summed E-state index contributed by atoms with van der Waals surface area (Å²) in [6.45, 7) is -0.798. The van der Waals surface area contributed by atoms with Crippen LogP contribution in [-0.2, 0) is 16.1 Å². The van der Waals surface area contributed by atoms with E-state index in [1.54, 1.807) is 12.1 Å². The molecule has 1 aromatic heterocycles. The molecule has 2 aromatic carbocycles. The Hall–Kier alpha value is -5.00. The molecule has 1 aliphatic heterocycles. The number of nitrogens with one attached hydrogen (secondary N) is 1. The summed E-state index contributed by atoms with van der Waals surface area (Å²) in [5.41, 5.74) is -0.398. The number of carbonyl (C=O) groups is 4. The van der Waals surface area contributed by atoms with Crippen molar-refractivity contribution in [2.75, 3.05) is 19.0 Å². The minimum atomic E-state index is -0.920. The molecule has 178 valence electrons. The van der Waals surface area contributed by atoms with Gasteiger partial charge in [0.05, 0.1) is 47.6 Å². The number of nitrogens with zero attached hydrogens (tertiary/aromatic N) is 2. The number of nitro benzene ring substituents is 1. The first-order chi connectivity index (χ1) is 16.8. The lowest BCUT2D eigenvalue weighted by Gasteiger charge is -2.11. The third-order valence-electron chi connectivity index (χ3n) is 5.11. The number of anilines is 1. The van der Waals surface area contributed by atoms with Crippen molar-refractivity contribution in [3.63, 3.8) is 0 Å². The highest BCUT2D eigenvalue weighted by Crippen LogP contribution is 2.29. The second-order valence-electron chi connectivity index (χ2n) is 7.30. The molecule has 1 aliphatic rings. The van der Waals surface area contributed by atoms with Crippen LogP contribution in [0.3, 0.4) is 0 Å². The summed E-state index contributed by atoms with van der Waals surface area (Å²) in [5.74, 6) is -2.21. The Labute approximate surface area is 197 Å². The molecular weight excluding hydrogens is 462 g/mol. The molecule has 2 heterocycles. The smallest absolute Gasteiger partial charge is 0.338 e. The van der Waals surface area contributed by atoms with Gasteiger partial charge in [0.2, 0.25) is 0 Å². The molecule has 0 radical (unpaired) electrons. The molecule has 0 bridgehead atoms. The van der Waals surface area contributed by atoms with Crippen LogP contribution in [0, 0.1) is 10.1 Å². The maximum atomic E-state index is 12.7. The molecule has 3 amide bonds.